The monoisotopic (exact) mass is 362 g/mol. The molecule has 1 heterocycles. The zero-order valence-electron chi connectivity index (χ0n) is 16.1. The van der Waals surface area contributed by atoms with Crippen LogP contribution < -0.4 is 15.0 Å². The topological polar surface area (TPSA) is 50.3 Å². The first kappa shape index (κ1) is 18.7. The lowest BCUT2D eigenvalue weighted by molar-refractivity contribution is 0.410. The van der Waals surface area contributed by atoms with Crippen LogP contribution in [0.4, 0.5) is 11.8 Å². The van der Waals surface area contributed by atoms with Crippen molar-refractivity contribution in [2.24, 2.45) is 0 Å². The van der Waals surface area contributed by atoms with Crippen LogP contribution in [0.5, 0.6) is 5.75 Å². The summed E-state index contributed by atoms with van der Waals surface area (Å²) in [5, 5.41) is 3.36. The van der Waals surface area contributed by atoms with Gasteiger partial charge in [-0.25, -0.2) is 4.98 Å². The highest BCUT2D eigenvalue weighted by Gasteiger charge is 2.11. The number of anilines is 2. The van der Waals surface area contributed by atoms with Gasteiger partial charge in [-0.15, -0.1) is 0 Å². The molecule has 1 aromatic heterocycles. The Labute approximate surface area is 161 Å². The summed E-state index contributed by atoms with van der Waals surface area (Å²) in [6.45, 7) is 6.66. The van der Waals surface area contributed by atoms with Crippen molar-refractivity contribution in [3.8, 4) is 17.0 Å². The fourth-order valence-electron chi connectivity index (χ4n) is 3.00. The van der Waals surface area contributed by atoms with Crippen molar-refractivity contribution < 1.29 is 4.74 Å². The minimum atomic E-state index is 0.597. The van der Waals surface area contributed by atoms with Gasteiger partial charge in [0.15, 0.2) is 0 Å². The number of ether oxygens (including phenoxy) is 1. The van der Waals surface area contributed by atoms with Crippen molar-refractivity contribution in [2.45, 2.75) is 20.4 Å². The maximum absolute atomic E-state index is 5.43. The van der Waals surface area contributed by atoms with Crippen LogP contribution in [0.2, 0.25) is 0 Å². The van der Waals surface area contributed by atoms with E-state index in [2.05, 4.69) is 42.3 Å². The van der Waals surface area contributed by atoms with E-state index in [1.54, 1.807) is 7.11 Å². The molecule has 1 N–H and O–H groups in total. The van der Waals surface area contributed by atoms with Gasteiger partial charge in [-0.1, -0.05) is 48.5 Å². The highest BCUT2D eigenvalue weighted by molar-refractivity contribution is 5.64. The molecule has 27 heavy (non-hydrogen) atoms. The molecule has 0 aliphatic heterocycles. The van der Waals surface area contributed by atoms with Crippen molar-refractivity contribution in [3.63, 3.8) is 0 Å². The van der Waals surface area contributed by atoms with Crippen LogP contribution in [-0.2, 0) is 6.54 Å². The fourth-order valence-corrected chi connectivity index (χ4v) is 3.00. The zero-order valence-corrected chi connectivity index (χ0v) is 16.1. The molecule has 3 aromatic rings. The van der Waals surface area contributed by atoms with Gasteiger partial charge >= 0.3 is 0 Å². The normalized spacial score (nSPS) is 10.5. The van der Waals surface area contributed by atoms with E-state index in [-0.39, 0.29) is 0 Å². The Morgan fingerprint density at radius 3 is 2.33 bits per heavy atom. The van der Waals surface area contributed by atoms with Gasteiger partial charge in [-0.3, -0.25) is 0 Å². The highest BCUT2D eigenvalue weighted by Crippen LogP contribution is 2.24. The minimum Gasteiger partial charge on any atom is -0.496 e. The Bertz CT molecular complexity index is 863. The predicted octanol–water partition coefficient (Wildman–Crippen LogP) is 4.61. The summed E-state index contributed by atoms with van der Waals surface area (Å²) < 4.78 is 5.43. The summed E-state index contributed by atoms with van der Waals surface area (Å²) in [4.78, 5) is 11.7. The molecule has 0 spiro atoms. The Morgan fingerprint density at radius 2 is 1.63 bits per heavy atom. The SMILES string of the molecule is CCN(CC)c1cc(-c2ccccc2)nc(NCc2ccccc2OC)n1. The third-order valence-electron chi connectivity index (χ3n) is 4.50. The first-order valence-electron chi connectivity index (χ1n) is 9.30. The zero-order chi connectivity index (χ0) is 19.1. The average molecular weight is 362 g/mol. The smallest absolute Gasteiger partial charge is 0.225 e. The highest BCUT2D eigenvalue weighted by atomic mass is 16.5. The van der Waals surface area contributed by atoms with E-state index in [9.17, 15) is 0 Å². The molecule has 0 saturated heterocycles. The van der Waals surface area contributed by atoms with Crippen LogP contribution in [0.3, 0.4) is 0 Å². The van der Waals surface area contributed by atoms with E-state index < -0.39 is 0 Å². The molecule has 2 aromatic carbocycles. The maximum atomic E-state index is 5.43. The van der Waals surface area contributed by atoms with Gasteiger partial charge in [0.25, 0.3) is 0 Å². The van der Waals surface area contributed by atoms with Crippen LogP contribution in [0.15, 0.2) is 60.7 Å². The number of nitrogens with zero attached hydrogens (tertiary/aromatic N) is 3. The number of rotatable bonds is 8. The number of hydrogen-bond acceptors (Lipinski definition) is 5. The molecule has 0 aliphatic rings. The summed E-state index contributed by atoms with van der Waals surface area (Å²) in [7, 11) is 1.68. The summed E-state index contributed by atoms with van der Waals surface area (Å²) in [5.74, 6) is 2.40. The molecule has 0 fully saturated rings. The molecule has 0 unspecified atom stereocenters. The summed E-state index contributed by atoms with van der Waals surface area (Å²) >= 11 is 0. The van der Waals surface area contributed by atoms with E-state index in [1.165, 1.54) is 0 Å². The van der Waals surface area contributed by atoms with E-state index in [0.29, 0.717) is 12.5 Å². The van der Waals surface area contributed by atoms with E-state index in [1.807, 2.05) is 42.5 Å². The van der Waals surface area contributed by atoms with Gasteiger partial charge in [0.1, 0.15) is 11.6 Å². The second-order valence-corrected chi connectivity index (χ2v) is 6.14. The van der Waals surface area contributed by atoms with Gasteiger partial charge in [0.2, 0.25) is 5.95 Å². The van der Waals surface area contributed by atoms with Crippen LogP contribution in [0.25, 0.3) is 11.3 Å². The Balaban J connectivity index is 1.92. The van der Waals surface area contributed by atoms with Crippen LogP contribution >= 0.6 is 0 Å². The van der Waals surface area contributed by atoms with E-state index >= 15 is 0 Å². The Kier molecular flexibility index (Phi) is 6.26. The molecule has 0 amide bonds. The standard InChI is InChI=1S/C22H26N4O/c1-4-26(5-2)21-15-19(17-11-7-6-8-12-17)24-22(25-21)23-16-18-13-9-10-14-20(18)27-3/h6-15H,4-5,16H2,1-3H3,(H,23,24,25). The van der Waals surface area contributed by atoms with Crippen LogP contribution in [-0.4, -0.2) is 30.2 Å². The molecule has 0 radical (unpaired) electrons. The lowest BCUT2D eigenvalue weighted by Gasteiger charge is -2.21. The molecule has 140 valence electrons. The number of benzene rings is 2. The number of methoxy groups -OCH3 is 1. The molecule has 0 bridgehead atoms. The minimum absolute atomic E-state index is 0.597. The molecular weight excluding hydrogens is 336 g/mol. The van der Waals surface area contributed by atoms with Gasteiger partial charge in [-0.05, 0) is 19.9 Å². The van der Waals surface area contributed by atoms with Crippen molar-refractivity contribution in [1.82, 2.24) is 9.97 Å². The molecule has 5 heteroatoms. The molecular formula is C22H26N4O. The number of aromatic nitrogens is 2. The second-order valence-electron chi connectivity index (χ2n) is 6.14. The summed E-state index contributed by atoms with van der Waals surface area (Å²) in [6, 6.07) is 20.2. The van der Waals surface area contributed by atoms with Gasteiger partial charge in [-0.2, -0.15) is 4.98 Å². The fraction of sp³-hybridized carbons (Fsp3) is 0.273. The Morgan fingerprint density at radius 1 is 0.926 bits per heavy atom. The number of para-hydroxylation sites is 1. The van der Waals surface area contributed by atoms with Crippen LogP contribution in [0, 0.1) is 0 Å². The first-order chi connectivity index (χ1) is 13.2. The lowest BCUT2D eigenvalue weighted by atomic mass is 10.1. The van der Waals surface area contributed by atoms with Crippen molar-refractivity contribution in [3.05, 3.63) is 66.2 Å². The molecule has 0 aliphatic carbocycles. The third kappa shape index (κ3) is 4.56. The molecule has 5 nitrogen and oxygen atoms in total. The first-order valence-corrected chi connectivity index (χ1v) is 9.30. The maximum Gasteiger partial charge on any atom is 0.225 e. The predicted molar refractivity (Wildman–Crippen MR) is 111 cm³/mol. The molecule has 3 rings (SSSR count). The van der Waals surface area contributed by atoms with Crippen LogP contribution in [0.1, 0.15) is 19.4 Å². The molecule has 0 saturated carbocycles. The van der Waals surface area contributed by atoms with Gasteiger partial charge in [0, 0.05) is 36.8 Å². The second kappa shape index (κ2) is 9.03. The lowest BCUT2D eigenvalue weighted by Crippen LogP contribution is -2.23. The van der Waals surface area contributed by atoms with Crippen molar-refractivity contribution in [2.75, 3.05) is 30.4 Å². The Hall–Kier alpha value is -3.08. The third-order valence-corrected chi connectivity index (χ3v) is 4.50. The number of hydrogen-bond donors (Lipinski definition) is 1. The number of nitrogens with one attached hydrogen (secondary N) is 1. The van der Waals surface area contributed by atoms with E-state index in [0.717, 1.165) is 41.5 Å². The largest absolute Gasteiger partial charge is 0.496 e. The van der Waals surface area contributed by atoms with Gasteiger partial charge < -0.3 is 15.0 Å². The van der Waals surface area contributed by atoms with Gasteiger partial charge in [0.05, 0.1) is 12.8 Å². The van der Waals surface area contributed by atoms with Crippen molar-refractivity contribution in [1.29, 1.82) is 0 Å². The van der Waals surface area contributed by atoms with Crippen molar-refractivity contribution >= 4 is 11.8 Å². The quantitative estimate of drug-likeness (QED) is 0.634. The summed E-state index contributed by atoms with van der Waals surface area (Å²) in [5.41, 5.74) is 3.06. The summed E-state index contributed by atoms with van der Waals surface area (Å²) in [6.07, 6.45) is 0. The van der Waals surface area contributed by atoms with E-state index in [4.69, 9.17) is 14.7 Å². The average Bonchev–Trinajstić information content (AvgIpc) is 2.74. The molecule has 0 atom stereocenters.